The highest BCUT2D eigenvalue weighted by Gasteiger charge is 2.34. The number of carbonyl (C=O) groups is 2. The summed E-state index contributed by atoms with van der Waals surface area (Å²) in [5.74, 6) is -2.97. The molecule has 2 fully saturated rings. The lowest BCUT2D eigenvalue weighted by Gasteiger charge is -2.36. The summed E-state index contributed by atoms with van der Waals surface area (Å²) in [6.45, 7) is 2.38. The van der Waals surface area contributed by atoms with Gasteiger partial charge in [0.1, 0.15) is 23.2 Å². The van der Waals surface area contributed by atoms with E-state index in [0.29, 0.717) is 24.2 Å². The number of halogens is 4. The van der Waals surface area contributed by atoms with Gasteiger partial charge in [-0.05, 0) is 31.5 Å². The van der Waals surface area contributed by atoms with Crippen LogP contribution in [0.25, 0.3) is 5.70 Å². The van der Waals surface area contributed by atoms with Gasteiger partial charge in [0.2, 0.25) is 5.91 Å². The van der Waals surface area contributed by atoms with Gasteiger partial charge in [0, 0.05) is 61.4 Å². The van der Waals surface area contributed by atoms with Crippen molar-refractivity contribution in [2.45, 2.75) is 25.8 Å². The van der Waals surface area contributed by atoms with E-state index in [9.17, 15) is 22.8 Å². The molecule has 0 aromatic heterocycles. The molecule has 196 valence electrons. The monoisotopic (exact) mass is 534 g/mol. The molecule has 2 saturated heterocycles. The summed E-state index contributed by atoms with van der Waals surface area (Å²) < 4.78 is 47.7. The number of nitrogens with zero attached hydrogens (tertiary/aromatic N) is 1. The van der Waals surface area contributed by atoms with E-state index in [1.807, 2.05) is 0 Å². The van der Waals surface area contributed by atoms with E-state index >= 15 is 0 Å². The van der Waals surface area contributed by atoms with E-state index in [1.165, 1.54) is 17.0 Å². The number of carbonyl (C=O) groups excluding carboxylic acids is 2. The highest BCUT2D eigenvalue weighted by Crippen LogP contribution is 2.34. The molecule has 2 unspecified atom stereocenters. The van der Waals surface area contributed by atoms with Crippen LogP contribution in [-0.4, -0.2) is 55.2 Å². The zero-order chi connectivity index (χ0) is 26.9. The van der Waals surface area contributed by atoms with Gasteiger partial charge >= 0.3 is 0 Å². The van der Waals surface area contributed by atoms with Crippen LogP contribution >= 0.6 is 11.6 Å². The molecule has 0 saturated carbocycles. The van der Waals surface area contributed by atoms with Gasteiger partial charge in [-0.1, -0.05) is 11.6 Å². The quantitative estimate of drug-likeness (QED) is 0.519. The van der Waals surface area contributed by atoms with Crippen molar-refractivity contribution in [3.8, 4) is 5.75 Å². The summed E-state index contributed by atoms with van der Waals surface area (Å²) in [5, 5.41) is 14.3. The van der Waals surface area contributed by atoms with Crippen molar-refractivity contribution in [2.75, 3.05) is 26.7 Å². The van der Waals surface area contributed by atoms with Crippen molar-refractivity contribution in [3.05, 3.63) is 69.5 Å². The molecule has 7 nitrogen and oxygen atoms in total. The van der Waals surface area contributed by atoms with Gasteiger partial charge in [0.15, 0.2) is 0 Å². The molecule has 2 aliphatic rings. The standard InChI is InChI=1S/C26H26ClF3N4O3/c1-13-24(31)19(25(32-2)15-6-16(28)8-17(29)7-15)3-4-34(13)26(36)20-9-18(30)10-21(23(20)27)37-12-14-5-22(35)33-11-14/h6-10,13-14,31-32H,3-5,11-12H2,1-2H3,(H,33,35)/b25-19-,31-24?. The Labute approximate surface area is 217 Å². The van der Waals surface area contributed by atoms with Crippen LogP contribution in [0.15, 0.2) is 35.9 Å². The minimum atomic E-state index is -0.745. The first-order valence-electron chi connectivity index (χ1n) is 11.7. The number of amides is 2. The zero-order valence-electron chi connectivity index (χ0n) is 20.3. The highest BCUT2D eigenvalue weighted by molar-refractivity contribution is 6.35. The maximum Gasteiger partial charge on any atom is 0.256 e. The molecule has 0 spiro atoms. The predicted molar refractivity (Wildman–Crippen MR) is 133 cm³/mol. The lowest BCUT2D eigenvalue weighted by molar-refractivity contribution is -0.119. The van der Waals surface area contributed by atoms with Gasteiger partial charge < -0.3 is 25.7 Å². The van der Waals surface area contributed by atoms with Gasteiger partial charge in [-0.2, -0.15) is 0 Å². The van der Waals surface area contributed by atoms with Gasteiger partial charge in [-0.15, -0.1) is 0 Å². The Hall–Kier alpha value is -3.53. The second-order valence-corrected chi connectivity index (χ2v) is 9.43. The van der Waals surface area contributed by atoms with Crippen LogP contribution in [0, 0.1) is 28.8 Å². The summed E-state index contributed by atoms with van der Waals surface area (Å²) in [4.78, 5) is 26.2. The minimum absolute atomic E-state index is 0.00436. The fraction of sp³-hybridized carbons (Fsp3) is 0.346. The topological polar surface area (TPSA) is 94.5 Å². The molecular formula is C26H26ClF3N4O3. The number of nitrogens with one attached hydrogen (secondary N) is 3. The van der Waals surface area contributed by atoms with E-state index in [-0.39, 0.29) is 59.0 Å². The lowest BCUT2D eigenvalue weighted by Crippen LogP contribution is -2.48. The van der Waals surface area contributed by atoms with E-state index in [0.717, 1.165) is 18.2 Å². The number of rotatable bonds is 6. The lowest BCUT2D eigenvalue weighted by atomic mass is 9.90. The van der Waals surface area contributed by atoms with Crippen LogP contribution in [-0.2, 0) is 4.79 Å². The second-order valence-electron chi connectivity index (χ2n) is 9.05. The smallest absolute Gasteiger partial charge is 0.256 e. The van der Waals surface area contributed by atoms with Gasteiger partial charge in [0.25, 0.3) is 5.91 Å². The second kappa shape index (κ2) is 10.8. The first-order valence-corrected chi connectivity index (χ1v) is 12.1. The molecule has 3 N–H and O–H groups in total. The maximum absolute atomic E-state index is 14.4. The van der Waals surface area contributed by atoms with Crippen LogP contribution in [0.4, 0.5) is 13.2 Å². The molecule has 2 atom stereocenters. The van der Waals surface area contributed by atoms with Crippen molar-refractivity contribution in [3.63, 3.8) is 0 Å². The third-order valence-electron chi connectivity index (χ3n) is 6.55. The van der Waals surface area contributed by atoms with Crippen LogP contribution < -0.4 is 15.4 Å². The van der Waals surface area contributed by atoms with Crippen LogP contribution in [0.2, 0.25) is 5.02 Å². The molecule has 37 heavy (non-hydrogen) atoms. The maximum atomic E-state index is 14.4. The van der Waals surface area contributed by atoms with Crippen LogP contribution in [0.1, 0.15) is 35.7 Å². The van der Waals surface area contributed by atoms with Gasteiger partial charge in [0.05, 0.1) is 28.9 Å². The van der Waals surface area contributed by atoms with Crippen LogP contribution in [0.3, 0.4) is 0 Å². The molecule has 2 amide bonds. The number of likely N-dealkylation sites (tertiary alicyclic amines) is 1. The van der Waals surface area contributed by atoms with Crippen molar-refractivity contribution in [1.82, 2.24) is 15.5 Å². The summed E-state index contributed by atoms with van der Waals surface area (Å²) in [6, 6.07) is 4.49. The van der Waals surface area contributed by atoms with Crippen LogP contribution in [0.5, 0.6) is 5.75 Å². The van der Waals surface area contributed by atoms with E-state index in [1.54, 1.807) is 14.0 Å². The largest absolute Gasteiger partial charge is 0.492 e. The highest BCUT2D eigenvalue weighted by atomic mass is 35.5. The first kappa shape index (κ1) is 26.5. The van der Waals surface area contributed by atoms with Crippen molar-refractivity contribution in [2.24, 2.45) is 5.92 Å². The summed E-state index contributed by atoms with van der Waals surface area (Å²) in [7, 11) is 1.59. The number of piperidine rings is 1. The van der Waals surface area contributed by atoms with E-state index in [2.05, 4.69) is 10.6 Å². The third-order valence-corrected chi connectivity index (χ3v) is 6.94. The number of benzene rings is 2. The van der Waals surface area contributed by atoms with E-state index < -0.39 is 29.4 Å². The Balaban J connectivity index is 1.57. The molecule has 0 aliphatic carbocycles. The average Bonchev–Trinajstić information content (AvgIpc) is 3.26. The van der Waals surface area contributed by atoms with Crippen molar-refractivity contribution < 1.29 is 27.5 Å². The molecule has 2 aromatic rings. The fourth-order valence-electron chi connectivity index (χ4n) is 4.64. The molecule has 0 bridgehead atoms. The van der Waals surface area contributed by atoms with E-state index in [4.69, 9.17) is 21.7 Å². The fourth-order valence-corrected chi connectivity index (χ4v) is 4.89. The number of hydrogen-bond donors (Lipinski definition) is 3. The summed E-state index contributed by atoms with van der Waals surface area (Å²) >= 11 is 6.44. The summed E-state index contributed by atoms with van der Waals surface area (Å²) in [5.41, 5.74) is 1.13. The molecule has 4 rings (SSSR count). The minimum Gasteiger partial charge on any atom is -0.492 e. The number of hydrogen-bond acceptors (Lipinski definition) is 5. The Bertz CT molecular complexity index is 1280. The first-order chi connectivity index (χ1) is 17.6. The molecule has 2 aromatic carbocycles. The molecule has 11 heteroatoms. The van der Waals surface area contributed by atoms with Crippen molar-refractivity contribution >= 4 is 34.8 Å². The zero-order valence-corrected chi connectivity index (χ0v) is 21.0. The normalized spacial score (nSPS) is 21.1. The average molecular weight is 535 g/mol. The Morgan fingerprint density at radius 3 is 2.49 bits per heavy atom. The predicted octanol–water partition coefficient (Wildman–Crippen LogP) is 4.16. The van der Waals surface area contributed by atoms with Gasteiger partial charge in [-0.3, -0.25) is 9.59 Å². The van der Waals surface area contributed by atoms with Crippen molar-refractivity contribution in [1.29, 1.82) is 5.41 Å². The summed E-state index contributed by atoms with van der Waals surface area (Å²) in [6.07, 6.45) is 0.515. The Morgan fingerprint density at radius 2 is 1.86 bits per heavy atom. The Kier molecular flexibility index (Phi) is 7.77. The SMILES string of the molecule is CN/C(=C1/CCN(C(=O)c2cc(F)cc(OCC3CNC(=O)C3)c2Cl)C(C)C1=N)c1cc(F)cc(F)c1. The molecule has 0 radical (unpaired) electrons. The Morgan fingerprint density at radius 1 is 1.19 bits per heavy atom. The third kappa shape index (κ3) is 5.58. The number of ether oxygens (including phenoxy) is 1. The molecule has 2 heterocycles. The molecular weight excluding hydrogens is 509 g/mol. The van der Waals surface area contributed by atoms with Gasteiger partial charge in [-0.25, -0.2) is 13.2 Å². The molecule has 2 aliphatic heterocycles.